The van der Waals surface area contributed by atoms with Crippen LogP contribution >= 0.6 is 0 Å². The molecule has 0 aliphatic carbocycles. The van der Waals surface area contributed by atoms with E-state index < -0.39 is 0 Å². The molecule has 1 N–H and O–H groups in total. The third-order valence-electron chi connectivity index (χ3n) is 5.85. The van der Waals surface area contributed by atoms with E-state index in [2.05, 4.69) is 67.2 Å². The van der Waals surface area contributed by atoms with Crippen molar-refractivity contribution in [1.29, 1.82) is 0 Å². The third kappa shape index (κ3) is 4.82. The van der Waals surface area contributed by atoms with Gasteiger partial charge in [0, 0.05) is 5.56 Å². The molecule has 1 heterocycles. The molecule has 0 saturated carbocycles. The van der Waals surface area contributed by atoms with E-state index in [1.165, 1.54) is 0 Å². The number of para-hydroxylation sites is 2. The fourth-order valence-electron chi connectivity index (χ4n) is 4.22. The van der Waals surface area contributed by atoms with Gasteiger partial charge in [-0.15, -0.1) is 0 Å². The summed E-state index contributed by atoms with van der Waals surface area (Å²) in [6, 6.07) is 40.8. The minimum atomic E-state index is -0.282. The van der Waals surface area contributed by atoms with E-state index in [-0.39, 0.29) is 5.54 Å². The first kappa shape index (κ1) is 23.2. The molecule has 178 valence electrons. The van der Waals surface area contributed by atoms with Crippen molar-refractivity contribution in [1.82, 2.24) is 9.78 Å². The van der Waals surface area contributed by atoms with Gasteiger partial charge in [-0.05, 0) is 57.2 Å². The van der Waals surface area contributed by atoms with Crippen LogP contribution in [0.25, 0.3) is 17.1 Å². The molecule has 0 bridgehead atoms. The zero-order chi connectivity index (χ0) is 25.0. The molecule has 5 nitrogen and oxygen atoms in total. The molecule has 5 aromatic rings. The zero-order valence-corrected chi connectivity index (χ0v) is 20.8. The minimum absolute atomic E-state index is 0.282. The maximum absolute atomic E-state index is 5.19. The highest BCUT2D eigenvalue weighted by Crippen LogP contribution is 2.23. The van der Waals surface area contributed by atoms with Crippen LogP contribution in [0.5, 0.6) is 0 Å². The first-order valence-corrected chi connectivity index (χ1v) is 12.1. The number of anilines is 1. The highest BCUT2D eigenvalue weighted by Gasteiger charge is 2.38. The topological polar surface area (TPSA) is 46.1 Å². The van der Waals surface area contributed by atoms with Gasteiger partial charge >= 0.3 is 5.82 Å². The fraction of sp³-hybridized carbons (Fsp3) is 0.129. The number of aromatic nitrogens is 3. The second-order valence-corrected chi connectivity index (χ2v) is 9.57. The number of rotatable bonds is 6. The van der Waals surface area contributed by atoms with Crippen molar-refractivity contribution in [2.75, 3.05) is 5.43 Å². The molecule has 0 unspecified atom stereocenters. The molecule has 0 spiro atoms. The summed E-state index contributed by atoms with van der Waals surface area (Å²) in [6.45, 7) is 6.60. The Morgan fingerprint density at radius 3 is 1.83 bits per heavy atom. The van der Waals surface area contributed by atoms with Crippen molar-refractivity contribution < 1.29 is 4.57 Å². The van der Waals surface area contributed by atoms with Crippen LogP contribution in [0.3, 0.4) is 0 Å². The first-order chi connectivity index (χ1) is 17.5. The van der Waals surface area contributed by atoms with E-state index in [4.69, 9.17) is 10.2 Å². The number of hydrogen-bond donors (Lipinski definition) is 1. The molecule has 5 heteroatoms. The summed E-state index contributed by atoms with van der Waals surface area (Å²) in [6.07, 6.45) is 0. The van der Waals surface area contributed by atoms with Crippen molar-refractivity contribution in [3.05, 3.63) is 133 Å². The molecule has 0 radical (unpaired) electrons. The van der Waals surface area contributed by atoms with Gasteiger partial charge in [0.05, 0.1) is 21.9 Å². The van der Waals surface area contributed by atoms with Crippen LogP contribution in [-0.4, -0.2) is 15.5 Å². The lowest BCUT2D eigenvalue weighted by Gasteiger charge is -2.20. The summed E-state index contributed by atoms with van der Waals surface area (Å²) < 4.78 is 4.29. The monoisotopic (exact) mass is 472 g/mol. The van der Waals surface area contributed by atoms with Crippen LogP contribution in [0, 0.1) is 0 Å². The number of nitrogens with zero attached hydrogens (tertiary/aromatic N) is 4. The van der Waals surface area contributed by atoms with E-state index in [1.54, 1.807) is 0 Å². The number of hydrogen-bond acceptors (Lipinski definition) is 3. The van der Waals surface area contributed by atoms with Crippen molar-refractivity contribution in [3.63, 3.8) is 0 Å². The zero-order valence-electron chi connectivity index (χ0n) is 20.8. The lowest BCUT2D eigenvalue weighted by molar-refractivity contribution is -0.745. The summed E-state index contributed by atoms with van der Waals surface area (Å²) in [7, 11) is 0. The quantitative estimate of drug-likeness (QED) is 0.175. The molecule has 0 atom stereocenters. The average Bonchev–Trinajstić information content (AvgIpc) is 3.32. The Labute approximate surface area is 212 Å². The Kier molecular flexibility index (Phi) is 6.46. The summed E-state index contributed by atoms with van der Waals surface area (Å²) in [5.41, 5.74) is 7.73. The minimum Gasteiger partial charge on any atom is -0.278 e. The predicted molar refractivity (Wildman–Crippen MR) is 146 cm³/mol. The van der Waals surface area contributed by atoms with E-state index >= 15 is 0 Å². The SMILES string of the molecule is CC(C)(C)[n+]1c(-c2ccccc2)nn(-c2ccccc2)c1/C(=N/Nc1ccccc1)c1ccccc1. The van der Waals surface area contributed by atoms with E-state index in [0.29, 0.717) is 0 Å². The van der Waals surface area contributed by atoms with Crippen LogP contribution < -0.4 is 9.99 Å². The third-order valence-corrected chi connectivity index (χ3v) is 5.85. The molecule has 5 rings (SSSR count). The normalized spacial score (nSPS) is 11.9. The molecule has 0 aliphatic rings. The molecule has 0 aliphatic heterocycles. The molecular weight excluding hydrogens is 442 g/mol. The van der Waals surface area contributed by atoms with E-state index in [9.17, 15) is 0 Å². The molecule has 0 fully saturated rings. The Hall–Kier alpha value is -4.51. The molecule has 0 amide bonds. The average molecular weight is 473 g/mol. The van der Waals surface area contributed by atoms with Gasteiger partial charge < -0.3 is 0 Å². The number of hydrazone groups is 1. The molecule has 1 aromatic heterocycles. The van der Waals surface area contributed by atoms with Gasteiger partial charge in [-0.1, -0.05) is 89.6 Å². The summed E-state index contributed by atoms with van der Waals surface area (Å²) in [5.74, 6) is 1.77. The molecule has 4 aromatic carbocycles. The van der Waals surface area contributed by atoms with Gasteiger partial charge in [0.25, 0.3) is 5.82 Å². The smallest absolute Gasteiger partial charge is 0.278 e. The first-order valence-electron chi connectivity index (χ1n) is 12.1. The van der Waals surface area contributed by atoms with Crippen molar-refractivity contribution in [2.45, 2.75) is 26.3 Å². The van der Waals surface area contributed by atoms with Gasteiger partial charge in [-0.2, -0.15) is 5.10 Å². The van der Waals surface area contributed by atoms with Crippen LogP contribution in [0.4, 0.5) is 5.69 Å². The van der Waals surface area contributed by atoms with Crippen molar-refractivity contribution in [2.24, 2.45) is 5.10 Å². The Morgan fingerprint density at radius 2 is 1.25 bits per heavy atom. The summed E-state index contributed by atoms with van der Waals surface area (Å²) in [4.78, 5) is 0. The highest BCUT2D eigenvalue weighted by molar-refractivity contribution is 6.10. The summed E-state index contributed by atoms with van der Waals surface area (Å²) in [5, 5.41) is 10.2. The van der Waals surface area contributed by atoms with Gasteiger partial charge in [-0.25, -0.2) is 4.57 Å². The van der Waals surface area contributed by atoms with Crippen LogP contribution in [-0.2, 0) is 5.54 Å². The van der Waals surface area contributed by atoms with Crippen molar-refractivity contribution >= 4 is 11.4 Å². The van der Waals surface area contributed by atoms with Crippen LogP contribution in [0.15, 0.2) is 126 Å². The highest BCUT2D eigenvalue weighted by atomic mass is 15.4. The molecular formula is C31H30N5+. The molecule has 0 saturated heterocycles. The lowest BCUT2D eigenvalue weighted by atomic mass is 10.0. The fourth-order valence-corrected chi connectivity index (χ4v) is 4.22. The van der Waals surface area contributed by atoms with Crippen molar-refractivity contribution in [3.8, 4) is 17.1 Å². The lowest BCUT2D eigenvalue weighted by Crippen LogP contribution is -2.55. The Morgan fingerprint density at radius 1 is 0.722 bits per heavy atom. The standard InChI is InChI=1S/C31H29N5/c1-31(2,3)35-29(25-18-10-5-11-19-25)34-36(27-22-14-7-15-23-27)30(35)28(24-16-8-4-9-17-24)33-32-26-20-12-6-13-21-26/h4-23H,1-3H3/p+1. The van der Waals surface area contributed by atoms with E-state index in [0.717, 1.165) is 39.9 Å². The van der Waals surface area contributed by atoms with Gasteiger partial charge in [0.1, 0.15) is 5.69 Å². The van der Waals surface area contributed by atoms with E-state index in [1.807, 2.05) is 89.6 Å². The predicted octanol–water partition coefficient (Wildman–Crippen LogP) is 6.45. The van der Waals surface area contributed by atoms with Gasteiger partial charge in [0.15, 0.2) is 5.71 Å². The molecule has 36 heavy (non-hydrogen) atoms. The Bertz CT molecular complexity index is 1450. The Balaban J connectivity index is 1.83. The second-order valence-electron chi connectivity index (χ2n) is 9.57. The number of benzene rings is 4. The van der Waals surface area contributed by atoms with Gasteiger partial charge in [0.2, 0.25) is 0 Å². The maximum Gasteiger partial charge on any atom is 0.310 e. The largest absolute Gasteiger partial charge is 0.310 e. The second kappa shape index (κ2) is 10.0. The number of nitrogens with one attached hydrogen (secondary N) is 1. The maximum atomic E-state index is 5.19. The van der Waals surface area contributed by atoms with Gasteiger partial charge in [-0.3, -0.25) is 5.43 Å². The van der Waals surface area contributed by atoms with Crippen LogP contribution in [0.1, 0.15) is 32.2 Å². The van der Waals surface area contributed by atoms with Crippen LogP contribution in [0.2, 0.25) is 0 Å². The summed E-state index contributed by atoms with van der Waals surface area (Å²) >= 11 is 0.